The number of methoxy groups -OCH3 is 1. The average molecular weight is 332 g/mol. The molecule has 2 fully saturated rings. The molecule has 0 radical (unpaired) electrons. The van der Waals surface area contributed by atoms with Gasteiger partial charge in [-0.2, -0.15) is 0 Å². The molecule has 1 aromatic rings. The van der Waals surface area contributed by atoms with E-state index in [9.17, 15) is 4.79 Å². The number of piperazine rings is 1. The number of hydrogen-bond acceptors (Lipinski definition) is 4. The van der Waals surface area contributed by atoms with Crippen LogP contribution in [0.5, 0.6) is 0 Å². The van der Waals surface area contributed by atoms with Gasteiger partial charge in [-0.3, -0.25) is 9.88 Å². The number of nitrogens with one attached hydrogen (secondary N) is 1. The molecule has 3 rings (SSSR count). The number of carbonyl (C=O) groups excluding carboxylic acids is 1. The molecule has 2 aliphatic rings. The second-order valence-electron chi connectivity index (χ2n) is 6.73. The van der Waals surface area contributed by atoms with Crippen LogP contribution in [0.2, 0.25) is 0 Å². The first-order chi connectivity index (χ1) is 11.8. The zero-order valence-electron chi connectivity index (χ0n) is 14.5. The molecule has 1 aromatic heterocycles. The van der Waals surface area contributed by atoms with E-state index in [0.29, 0.717) is 0 Å². The van der Waals surface area contributed by atoms with Crippen molar-refractivity contribution in [2.24, 2.45) is 0 Å². The van der Waals surface area contributed by atoms with Gasteiger partial charge in [0.25, 0.3) is 0 Å². The Morgan fingerprint density at radius 1 is 1.21 bits per heavy atom. The molecule has 2 heterocycles. The molecule has 1 N–H and O–H groups in total. The molecule has 6 heteroatoms. The summed E-state index contributed by atoms with van der Waals surface area (Å²) in [5.41, 5.74) is 1.27. The second kappa shape index (κ2) is 8.44. The third kappa shape index (κ3) is 4.45. The molecule has 0 unspecified atom stereocenters. The summed E-state index contributed by atoms with van der Waals surface area (Å²) in [5, 5.41) is 3.19. The molecule has 1 aliphatic heterocycles. The highest BCUT2D eigenvalue weighted by atomic mass is 16.5. The lowest BCUT2D eigenvalue weighted by Gasteiger charge is -2.37. The number of ether oxygens (including phenoxy) is 1. The Labute approximate surface area is 144 Å². The minimum atomic E-state index is 0.0625. The van der Waals surface area contributed by atoms with E-state index < -0.39 is 0 Å². The fourth-order valence-electron chi connectivity index (χ4n) is 3.65. The van der Waals surface area contributed by atoms with Crippen molar-refractivity contribution in [3.05, 3.63) is 30.1 Å². The van der Waals surface area contributed by atoms with Gasteiger partial charge in [0.15, 0.2) is 0 Å². The summed E-state index contributed by atoms with van der Waals surface area (Å²) in [5.74, 6) is 0. The minimum absolute atomic E-state index is 0.0625. The predicted molar refractivity (Wildman–Crippen MR) is 92.7 cm³/mol. The highest BCUT2D eigenvalue weighted by molar-refractivity contribution is 5.74. The second-order valence-corrected chi connectivity index (χ2v) is 6.73. The zero-order chi connectivity index (χ0) is 16.8. The van der Waals surface area contributed by atoms with Crippen LogP contribution in [-0.4, -0.2) is 66.2 Å². The van der Waals surface area contributed by atoms with Crippen LogP contribution in [0.25, 0.3) is 0 Å². The summed E-state index contributed by atoms with van der Waals surface area (Å²) in [6.45, 7) is 4.30. The molecule has 0 aromatic carbocycles. The third-order valence-electron chi connectivity index (χ3n) is 5.13. The van der Waals surface area contributed by atoms with Crippen molar-refractivity contribution < 1.29 is 9.53 Å². The smallest absolute Gasteiger partial charge is 0.317 e. The number of pyridine rings is 1. The number of rotatable bonds is 4. The predicted octanol–water partition coefficient (Wildman–Crippen LogP) is 1.87. The minimum Gasteiger partial charge on any atom is -0.379 e. The van der Waals surface area contributed by atoms with E-state index >= 15 is 0 Å². The molecule has 24 heavy (non-hydrogen) atoms. The summed E-state index contributed by atoms with van der Waals surface area (Å²) >= 11 is 0. The molecule has 132 valence electrons. The molecule has 2 atom stereocenters. The number of aromatic nitrogens is 1. The van der Waals surface area contributed by atoms with Crippen molar-refractivity contribution in [3.8, 4) is 0 Å². The van der Waals surface area contributed by atoms with Gasteiger partial charge in [0.05, 0.1) is 12.1 Å². The first-order valence-corrected chi connectivity index (χ1v) is 8.96. The van der Waals surface area contributed by atoms with E-state index in [-0.39, 0.29) is 18.2 Å². The summed E-state index contributed by atoms with van der Waals surface area (Å²) in [6.07, 6.45) is 8.25. The van der Waals surface area contributed by atoms with E-state index in [0.717, 1.165) is 45.6 Å². The molecule has 2 amide bonds. The van der Waals surface area contributed by atoms with E-state index in [1.807, 2.05) is 29.4 Å². The van der Waals surface area contributed by atoms with E-state index in [4.69, 9.17) is 4.74 Å². The Morgan fingerprint density at radius 2 is 1.92 bits per heavy atom. The molecule has 0 spiro atoms. The normalized spacial score (nSPS) is 25.5. The van der Waals surface area contributed by atoms with E-state index in [2.05, 4.69) is 15.2 Å². The van der Waals surface area contributed by atoms with Gasteiger partial charge in [-0.05, 0) is 30.5 Å². The SMILES string of the molecule is CO[C@H]1CCCC[C@@H]1NC(=O)N1CCN(Cc2ccncc2)CC1. The zero-order valence-corrected chi connectivity index (χ0v) is 14.5. The highest BCUT2D eigenvalue weighted by Crippen LogP contribution is 2.21. The van der Waals surface area contributed by atoms with Gasteiger partial charge in [0.2, 0.25) is 0 Å². The Bertz CT molecular complexity index is 517. The standard InChI is InChI=1S/C18H28N4O2/c1-24-17-5-3-2-4-16(17)20-18(23)22-12-10-21(11-13-22)14-15-6-8-19-9-7-15/h6-9,16-17H,2-5,10-14H2,1H3,(H,20,23)/t16-,17-/m0/s1. The van der Waals surface area contributed by atoms with Gasteiger partial charge >= 0.3 is 6.03 Å². The number of carbonyl (C=O) groups is 1. The summed E-state index contributed by atoms with van der Waals surface area (Å²) in [6, 6.07) is 4.32. The molecule has 1 aliphatic carbocycles. The average Bonchev–Trinajstić information content (AvgIpc) is 2.63. The van der Waals surface area contributed by atoms with Gasteiger partial charge in [0, 0.05) is 52.2 Å². The maximum absolute atomic E-state index is 12.5. The summed E-state index contributed by atoms with van der Waals surface area (Å²) in [7, 11) is 1.74. The molecular formula is C18H28N4O2. The lowest BCUT2D eigenvalue weighted by molar-refractivity contribution is 0.0416. The van der Waals surface area contributed by atoms with Gasteiger partial charge in [-0.25, -0.2) is 4.79 Å². The van der Waals surface area contributed by atoms with Crippen LogP contribution >= 0.6 is 0 Å². The summed E-state index contributed by atoms with van der Waals surface area (Å²) in [4.78, 5) is 20.9. The molecule has 6 nitrogen and oxygen atoms in total. The third-order valence-corrected chi connectivity index (χ3v) is 5.13. The topological polar surface area (TPSA) is 57.7 Å². The van der Waals surface area contributed by atoms with Crippen molar-refractivity contribution >= 4 is 6.03 Å². The first-order valence-electron chi connectivity index (χ1n) is 8.96. The lowest BCUT2D eigenvalue weighted by atomic mass is 9.92. The molecular weight excluding hydrogens is 304 g/mol. The van der Waals surface area contributed by atoms with Gasteiger partial charge in [-0.1, -0.05) is 12.8 Å². The van der Waals surface area contributed by atoms with Crippen molar-refractivity contribution in [2.75, 3.05) is 33.3 Å². The van der Waals surface area contributed by atoms with E-state index in [1.165, 1.54) is 18.4 Å². The van der Waals surface area contributed by atoms with Crippen LogP contribution in [-0.2, 0) is 11.3 Å². The number of nitrogens with zero attached hydrogens (tertiary/aromatic N) is 3. The van der Waals surface area contributed by atoms with Gasteiger partial charge in [-0.15, -0.1) is 0 Å². The van der Waals surface area contributed by atoms with Crippen molar-refractivity contribution in [1.29, 1.82) is 0 Å². The molecule has 1 saturated carbocycles. The largest absolute Gasteiger partial charge is 0.379 e. The van der Waals surface area contributed by atoms with Crippen molar-refractivity contribution in [2.45, 2.75) is 44.4 Å². The Hall–Kier alpha value is -1.66. The fraction of sp³-hybridized carbons (Fsp3) is 0.667. The van der Waals surface area contributed by atoms with Gasteiger partial charge in [0.1, 0.15) is 0 Å². The molecule has 1 saturated heterocycles. The molecule has 0 bridgehead atoms. The lowest BCUT2D eigenvalue weighted by Crippen LogP contribution is -2.55. The fourth-order valence-corrected chi connectivity index (χ4v) is 3.65. The monoisotopic (exact) mass is 332 g/mol. The van der Waals surface area contributed by atoms with Crippen molar-refractivity contribution in [3.63, 3.8) is 0 Å². The van der Waals surface area contributed by atoms with Gasteiger partial charge < -0.3 is 15.0 Å². The number of urea groups is 1. The van der Waals surface area contributed by atoms with Crippen LogP contribution < -0.4 is 5.32 Å². The Kier molecular flexibility index (Phi) is 6.04. The van der Waals surface area contributed by atoms with Crippen LogP contribution in [0.3, 0.4) is 0 Å². The highest BCUT2D eigenvalue weighted by Gasteiger charge is 2.29. The number of hydrogen-bond donors (Lipinski definition) is 1. The summed E-state index contributed by atoms with van der Waals surface area (Å²) < 4.78 is 5.53. The maximum atomic E-state index is 12.5. The van der Waals surface area contributed by atoms with Crippen LogP contribution in [0.15, 0.2) is 24.5 Å². The van der Waals surface area contributed by atoms with Crippen LogP contribution in [0, 0.1) is 0 Å². The Morgan fingerprint density at radius 3 is 2.62 bits per heavy atom. The quantitative estimate of drug-likeness (QED) is 0.914. The first kappa shape index (κ1) is 17.2. The maximum Gasteiger partial charge on any atom is 0.317 e. The van der Waals surface area contributed by atoms with E-state index in [1.54, 1.807) is 7.11 Å². The van der Waals surface area contributed by atoms with Crippen molar-refractivity contribution in [1.82, 2.24) is 20.1 Å². The van der Waals surface area contributed by atoms with Crippen LogP contribution in [0.4, 0.5) is 4.79 Å². The Balaban J connectivity index is 1.45. The van der Waals surface area contributed by atoms with Crippen LogP contribution in [0.1, 0.15) is 31.2 Å². The number of amides is 2.